The first-order valence-corrected chi connectivity index (χ1v) is 37.4. The normalized spacial score (nSPS) is 55.1. The molecule has 618 valence electrons. The lowest BCUT2D eigenvalue weighted by Gasteiger charge is -2.72. The standard InChI is InChI=1S/C70H116O37/c1-65(2)35-9-12-68(5)36(8-7-26-27-15-66(3,13-14-70(27,24-76)37(78)16-69(26,68)6)25-96-63-56(49(89)43(83)32(20-74)100-63)106-61-53(93)48(88)42(82)31(19-73)99-61)67(35,4)11-10-38(65)103-62-55(105-60-52(92)47(87)41(81)30(18-72)98-60)45(85)34(23-95-62)102-64-57(107-58-50(90)39(79)28(77)22-94-58)54(44(84)33(21-75)101-64)104-59-51(91)46(86)40(80)29(17-71)97-59/h7,27-64,71-93H,8-25H2,1-6H3/t27-,28+,29+,30+,31+,32+,33+,34-,35-,36+,37+,38-,39-,40+,41+,42+,43+,44+,45-,46-,47-,48-,49-,50+,51+,52+,53+,54-,55+,56+,57+,58-,59-,60-,61-,62-,63+,64-,66-,67-,68+,69+,70+/m0/s1. The van der Waals surface area contributed by atoms with Crippen LogP contribution in [0.5, 0.6) is 0 Å². The predicted octanol–water partition coefficient (Wildman–Crippen LogP) is -8.87. The number of allylic oxidation sites excluding steroid dienone is 2. The van der Waals surface area contributed by atoms with Crippen LogP contribution in [0.25, 0.3) is 0 Å². The van der Waals surface area contributed by atoms with E-state index < -0.39 is 294 Å². The molecule has 12 rings (SSSR count). The van der Waals surface area contributed by atoms with Crippen molar-refractivity contribution in [3.63, 3.8) is 0 Å². The Morgan fingerprint density at radius 2 is 0.879 bits per heavy atom. The van der Waals surface area contributed by atoms with Crippen molar-refractivity contribution < 1.29 is 184 Å². The van der Waals surface area contributed by atoms with Gasteiger partial charge in [0.2, 0.25) is 0 Å². The Morgan fingerprint density at radius 3 is 1.42 bits per heavy atom. The highest BCUT2D eigenvalue weighted by Crippen LogP contribution is 2.76. The summed E-state index contributed by atoms with van der Waals surface area (Å²) in [6.45, 7) is 7.13. The lowest BCUT2D eigenvalue weighted by atomic mass is 9.33. The first kappa shape index (κ1) is 84.7. The molecule has 43 atom stereocenters. The Labute approximate surface area is 617 Å². The quantitative estimate of drug-likeness (QED) is 0.0375. The molecule has 7 heterocycles. The topological polar surface area (TPSA) is 595 Å². The van der Waals surface area contributed by atoms with Crippen LogP contribution < -0.4 is 0 Å². The number of hydrogen-bond acceptors (Lipinski definition) is 37. The molecular weight excluding hydrogens is 1430 g/mol. The summed E-state index contributed by atoms with van der Waals surface area (Å²) in [6.07, 6.45) is -53.9. The van der Waals surface area contributed by atoms with E-state index in [4.69, 9.17) is 66.3 Å². The van der Waals surface area contributed by atoms with Crippen LogP contribution in [0.1, 0.15) is 99.3 Å². The van der Waals surface area contributed by atoms with Gasteiger partial charge in [-0.2, -0.15) is 0 Å². The molecule has 7 saturated heterocycles. The van der Waals surface area contributed by atoms with Gasteiger partial charge in [0.1, 0.15) is 159 Å². The molecule has 107 heavy (non-hydrogen) atoms. The van der Waals surface area contributed by atoms with Crippen molar-refractivity contribution in [1.29, 1.82) is 0 Å². The maximum atomic E-state index is 12.8. The van der Waals surface area contributed by atoms with Crippen LogP contribution >= 0.6 is 0 Å². The van der Waals surface area contributed by atoms with Crippen LogP contribution in [0.4, 0.5) is 0 Å². The second kappa shape index (κ2) is 32.7. The van der Waals surface area contributed by atoms with E-state index in [1.54, 1.807) is 0 Å². The SMILES string of the molecule is CC1(C)[C@@H](O[C@@H]2OC[C@H](O[C@@H]3O[C@H](CO)[C@@H](O)[C@H](O[C@@H]4O[C@H](CO)[C@@H](O)[C@H](O)[C@H]4O)[C@H]3O[C@@H]3OC[C@@H](O)[C@H](O)[C@H]3O)[C@H](O)[C@H]2O[C@@H]2O[C@H](CO)[C@@H](O)[C@H](O)[C@H]2O)CC[C@]2(C)[C@H]3CC=C4[C@@H]5C[C@@](C)(CO[C@@H]6O[C@H](CO)[C@@H](O)[C@H](O)[C@H]6O[C@@H]6O[C@H](CO)[C@@H](O)[C@H](O)[C@H]6O)CC[C@]5(CO)[C@H](O)C[C@@]4(C)[C@]3(C)CC[C@@H]12. The van der Waals surface area contributed by atoms with Gasteiger partial charge in [0.05, 0.1) is 71.7 Å². The summed E-state index contributed by atoms with van der Waals surface area (Å²) < 4.78 is 85.7. The van der Waals surface area contributed by atoms with Gasteiger partial charge in [0.25, 0.3) is 0 Å². The van der Waals surface area contributed by atoms with Crippen molar-refractivity contribution in [2.75, 3.05) is 59.5 Å². The molecule has 0 aromatic carbocycles. The number of rotatable bonds is 21. The number of fused-ring (bicyclic) bond motifs is 7. The first-order chi connectivity index (χ1) is 50.5. The maximum Gasteiger partial charge on any atom is 0.187 e. The molecule has 0 aromatic rings. The Kier molecular flexibility index (Phi) is 25.9. The highest BCUT2D eigenvalue weighted by Gasteiger charge is 2.71. The number of aliphatic hydroxyl groups excluding tert-OH is 23. The van der Waals surface area contributed by atoms with Gasteiger partial charge >= 0.3 is 0 Å². The average molecular weight is 1550 g/mol. The Morgan fingerprint density at radius 1 is 0.402 bits per heavy atom. The highest BCUT2D eigenvalue weighted by molar-refractivity contribution is 5.35. The number of hydrogen-bond donors (Lipinski definition) is 23. The van der Waals surface area contributed by atoms with Crippen LogP contribution in [-0.2, 0) is 66.3 Å². The smallest absolute Gasteiger partial charge is 0.187 e. The van der Waals surface area contributed by atoms with E-state index in [-0.39, 0.29) is 31.0 Å². The third-order valence-electron chi connectivity index (χ3n) is 27.4. The number of aliphatic hydroxyl groups is 23. The van der Waals surface area contributed by atoms with E-state index >= 15 is 0 Å². The van der Waals surface area contributed by atoms with Crippen molar-refractivity contribution in [3.05, 3.63) is 11.6 Å². The van der Waals surface area contributed by atoms with E-state index in [0.717, 1.165) is 5.57 Å². The summed E-state index contributed by atoms with van der Waals surface area (Å²) in [5, 5.41) is 252. The van der Waals surface area contributed by atoms with Crippen molar-refractivity contribution in [2.45, 2.75) is 314 Å². The summed E-state index contributed by atoms with van der Waals surface area (Å²) in [7, 11) is 0. The lowest BCUT2D eigenvalue weighted by molar-refractivity contribution is -0.404. The summed E-state index contributed by atoms with van der Waals surface area (Å²) >= 11 is 0. The van der Waals surface area contributed by atoms with Crippen molar-refractivity contribution in [2.24, 2.45) is 50.2 Å². The highest BCUT2D eigenvalue weighted by atomic mass is 16.8. The van der Waals surface area contributed by atoms with Crippen LogP contribution in [0.3, 0.4) is 0 Å². The molecule has 0 aromatic heterocycles. The molecule has 12 aliphatic rings. The molecule has 0 amide bonds. The summed E-state index contributed by atoms with van der Waals surface area (Å²) in [5.41, 5.74) is -2.80. The number of ether oxygens (including phenoxy) is 14. The molecule has 37 heteroatoms. The Balaban J connectivity index is 0.789. The van der Waals surface area contributed by atoms with Crippen LogP contribution in [-0.4, -0.2) is 392 Å². The second-order valence-electron chi connectivity index (χ2n) is 33.8. The molecule has 0 spiro atoms. The summed E-state index contributed by atoms with van der Waals surface area (Å²) in [5.74, 6) is -0.457. The van der Waals surface area contributed by atoms with E-state index in [1.807, 2.05) is 6.92 Å². The molecule has 7 aliphatic heterocycles. The van der Waals surface area contributed by atoms with Gasteiger partial charge in [-0.25, -0.2) is 0 Å². The van der Waals surface area contributed by atoms with Gasteiger partial charge < -0.3 is 184 Å². The van der Waals surface area contributed by atoms with Crippen molar-refractivity contribution in [3.8, 4) is 0 Å². The van der Waals surface area contributed by atoms with Gasteiger partial charge in [-0.05, 0) is 103 Å². The Bertz CT molecular complexity index is 2960. The zero-order chi connectivity index (χ0) is 77.9. The van der Waals surface area contributed by atoms with Gasteiger partial charge in [-0.3, -0.25) is 0 Å². The van der Waals surface area contributed by atoms with Gasteiger partial charge in [0.15, 0.2) is 44.0 Å². The molecule has 11 fully saturated rings. The first-order valence-electron chi connectivity index (χ1n) is 37.4. The maximum absolute atomic E-state index is 12.8. The third kappa shape index (κ3) is 14.9. The lowest BCUT2D eigenvalue weighted by Crippen LogP contribution is -2.68. The molecule has 0 radical (unpaired) electrons. The van der Waals surface area contributed by atoms with Gasteiger partial charge in [-0.1, -0.05) is 53.2 Å². The minimum atomic E-state index is -2.08. The minimum absolute atomic E-state index is 0.00118. The van der Waals surface area contributed by atoms with E-state index in [0.29, 0.717) is 57.8 Å². The van der Waals surface area contributed by atoms with Crippen molar-refractivity contribution in [1.82, 2.24) is 0 Å². The fraction of sp³-hybridized carbons (Fsp3) is 0.971. The monoisotopic (exact) mass is 1550 g/mol. The van der Waals surface area contributed by atoms with Gasteiger partial charge in [-0.15, -0.1) is 0 Å². The average Bonchev–Trinajstić information content (AvgIpc) is 0.672. The van der Waals surface area contributed by atoms with E-state index in [9.17, 15) is 117 Å². The predicted molar refractivity (Wildman–Crippen MR) is 351 cm³/mol. The van der Waals surface area contributed by atoms with Crippen LogP contribution in [0, 0.1) is 50.2 Å². The molecule has 0 unspecified atom stereocenters. The van der Waals surface area contributed by atoms with Crippen LogP contribution in [0.2, 0.25) is 0 Å². The molecule has 4 saturated carbocycles. The molecular formula is C70H116O37. The van der Waals surface area contributed by atoms with E-state index in [1.165, 1.54) is 0 Å². The minimum Gasteiger partial charge on any atom is -0.396 e. The zero-order valence-corrected chi connectivity index (χ0v) is 60.7. The van der Waals surface area contributed by atoms with Crippen molar-refractivity contribution >= 4 is 0 Å². The summed E-state index contributed by atoms with van der Waals surface area (Å²) in [6, 6.07) is 0. The third-order valence-corrected chi connectivity index (χ3v) is 27.4. The second-order valence-corrected chi connectivity index (χ2v) is 33.8. The molecule has 37 nitrogen and oxygen atoms in total. The fourth-order valence-corrected chi connectivity index (χ4v) is 20.6. The zero-order valence-electron chi connectivity index (χ0n) is 60.7. The van der Waals surface area contributed by atoms with E-state index in [2.05, 4.69) is 40.7 Å². The molecule has 5 aliphatic carbocycles. The fourth-order valence-electron chi connectivity index (χ4n) is 20.6. The largest absolute Gasteiger partial charge is 0.396 e. The molecule has 23 N–H and O–H groups in total. The van der Waals surface area contributed by atoms with Crippen LogP contribution in [0.15, 0.2) is 11.6 Å². The Hall–Kier alpha value is -1.74. The van der Waals surface area contributed by atoms with Gasteiger partial charge in [0, 0.05) is 5.41 Å². The molecule has 0 bridgehead atoms. The summed E-state index contributed by atoms with van der Waals surface area (Å²) in [4.78, 5) is 0.